The third-order valence-corrected chi connectivity index (χ3v) is 4.48. The molecule has 2 heterocycles. The van der Waals surface area contributed by atoms with Gasteiger partial charge in [0, 0.05) is 12.7 Å². The van der Waals surface area contributed by atoms with E-state index in [9.17, 15) is 13.6 Å². The number of amides is 2. The molecule has 28 heavy (non-hydrogen) atoms. The molecule has 13 heteroatoms. The van der Waals surface area contributed by atoms with Gasteiger partial charge in [0.2, 0.25) is 5.88 Å². The molecule has 0 saturated carbocycles. The second kappa shape index (κ2) is 8.95. The molecule has 1 unspecified atom stereocenters. The summed E-state index contributed by atoms with van der Waals surface area (Å²) in [5, 5.41) is 4.82. The van der Waals surface area contributed by atoms with Gasteiger partial charge in [-0.15, -0.1) is 12.6 Å². The van der Waals surface area contributed by atoms with Crippen molar-refractivity contribution in [3.8, 4) is 5.88 Å². The van der Waals surface area contributed by atoms with Crippen LogP contribution in [0.1, 0.15) is 12.5 Å². The maximum Gasteiger partial charge on any atom is 0.388 e. The van der Waals surface area contributed by atoms with Gasteiger partial charge in [-0.05, 0) is 13.0 Å². The van der Waals surface area contributed by atoms with Crippen molar-refractivity contribution in [3.63, 3.8) is 0 Å². The molecule has 0 saturated heterocycles. The number of ether oxygens (including phenoxy) is 2. The lowest BCUT2D eigenvalue weighted by Crippen LogP contribution is -2.25. The number of anilines is 3. The van der Waals surface area contributed by atoms with Crippen LogP contribution in [-0.4, -0.2) is 29.7 Å². The number of nitrogens with two attached hydrogens (primary N) is 1. The Bertz CT molecular complexity index is 889. The molecule has 0 radical (unpaired) electrons. The van der Waals surface area contributed by atoms with E-state index in [1.54, 1.807) is 6.92 Å². The molecule has 4 N–H and O–H groups in total. The first-order valence-electron chi connectivity index (χ1n) is 7.45. The smallest absolute Gasteiger partial charge is 0.388 e. The Labute approximate surface area is 174 Å². The van der Waals surface area contributed by atoms with E-state index in [1.165, 1.54) is 19.4 Å². The molecule has 0 spiro atoms. The van der Waals surface area contributed by atoms with Crippen LogP contribution in [0.25, 0.3) is 0 Å². The number of halogens is 4. The molecule has 0 fully saturated rings. The van der Waals surface area contributed by atoms with Crippen LogP contribution < -0.4 is 21.1 Å². The summed E-state index contributed by atoms with van der Waals surface area (Å²) in [7, 11) is 1.40. The molecule has 2 aromatic rings. The fraction of sp³-hybridized carbons (Fsp3) is 0.267. The Hall–Kier alpha value is -2.08. The van der Waals surface area contributed by atoms with E-state index in [2.05, 4.69) is 38.0 Å². The van der Waals surface area contributed by atoms with Crippen LogP contribution in [0.4, 0.5) is 30.8 Å². The summed E-state index contributed by atoms with van der Waals surface area (Å²) in [6.45, 7) is -1.48. The Kier molecular flexibility index (Phi) is 7.10. The third kappa shape index (κ3) is 5.25. The lowest BCUT2D eigenvalue weighted by atomic mass is 10.1. The zero-order chi connectivity index (χ0) is 21.1. The van der Waals surface area contributed by atoms with Gasteiger partial charge < -0.3 is 25.8 Å². The van der Waals surface area contributed by atoms with Crippen molar-refractivity contribution in [3.05, 3.63) is 34.1 Å². The van der Waals surface area contributed by atoms with Crippen LogP contribution in [0.5, 0.6) is 5.88 Å². The van der Waals surface area contributed by atoms with E-state index < -0.39 is 23.5 Å². The number of rotatable bonds is 6. The molecule has 2 amide bonds. The Balaban J connectivity index is 2.22. The van der Waals surface area contributed by atoms with Gasteiger partial charge in [-0.1, -0.05) is 23.2 Å². The minimum absolute atomic E-state index is 0.0329. The number of nitrogens with one attached hydrogen (secondary N) is 2. The highest BCUT2D eigenvalue weighted by Crippen LogP contribution is 2.41. The molecule has 0 bridgehead atoms. The molecular formula is C15H15Cl2F2N5O3S. The lowest BCUT2D eigenvalue weighted by Gasteiger charge is -2.26. The number of carbonyl (C=O) groups is 1. The number of methoxy groups -OCH3 is 1. The number of carbonyl (C=O) groups excluding carboxylic acids is 1. The number of hydrogen-bond acceptors (Lipinski definition) is 7. The highest BCUT2D eigenvalue weighted by molar-refractivity contribution is 7.81. The number of urea groups is 1. The average Bonchev–Trinajstić information content (AvgIpc) is 2.60. The van der Waals surface area contributed by atoms with E-state index in [1.807, 2.05) is 0 Å². The summed E-state index contributed by atoms with van der Waals surface area (Å²) in [5.74, 6) is -0.434. The largest absolute Gasteiger partial charge is 0.415 e. The highest BCUT2D eigenvalue weighted by atomic mass is 35.5. The molecule has 0 aromatic carbocycles. The fourth-order valence-electron chi connectivity index (χ4n) is 2.10. The van der Waals surface area contributed by atoms with Gasteiger partial charge in [-0.25, -0.2) is 14.8 Å². The lowest BCUT2D eigenvalue weighted by molar-refractivity contribution is -0.0527. The molecule has 0 aliphatic rings. The van der Waals surface area contributed by atoms with Gasteiger partial charge in [0.15, 0.2) is 0 Å². The number of nitrogen functional groups attached to an aromatic ring is 1. The quantitative estimate of drug-likeness (QED) is 0.381. The molecule has 0 aliphatic carbocycles. The number of thiol groups is 1. The van der Waals surface area contributed by atoms with E-state index in [-0.39, 0.29) is 27.2 Å². The Morgan fingerprint density at radius 2 is 2.00 bits per heavy atom. The number of aromatic nitrogens is 2. The van der Waals surface area contributed by atoms with E-state index in [0.29, 0.717) is 5.56 Å². The highest BCUT2D eigenvalue weighted by Gasteiger charge is 2.30. The number of nitrogens with zero attached hydrogens (tertiary/aromatic N) is 2. The molecule has 2 rings (SSSR count). The number of pyridine rings is 2. The summed E-state index contributed by atoms with van der Waals surface area (Å²) in [6, 6.07) is 0.475. The Morgan fingerprint density at radius 1 is 1.32 bits per heavy atom. The summed E-state index contributed by atoms with van der Waals surface area (Å²) in [6.07, 6.45) is 2.38. The van der Waals surface area contributed by atoms with Crippen LogP contribution in [0.15, 0.2) is 18.5 Å². The number of hydrogen-bond donors (Lipinski definition) is 4. The fourth-order valence-corrected chi connectivity index (χ4v) is 2.94. The Morgan fingerprint density at radius 3 is 2.57 bits per heavy atom. The van der Waals surface area contributed by atoms with Gasteiger partial charge >= 0.3 is 12.6 Å². The van der Waals surface area contributed by atoms with Crippen LogP contribution in [-0.2, 0) is 9.67 Å². The molecule has 1 atom stereocenters. The zero-order valence-electron chi connectivity index (χ0n) is 14.5. The van der Waals surface area contributed by atoms with Gasteiger partial charge in [0.1, 0.15) is 15.8 Å². The van der Waals surface area contributed by atoms with Crippen LogP contribution in [0.2, 0.25) is 10.0 Å². The SMILES string of the molecule is COC(C)(S)c1c(NC(=O)Nc2cnc(OC(F)F)c(Cl)c2)cnc(N)c1Cl. The van der Waals surface area contributed by atoms with Gasteiger partial charge in [0.25, 0.3) is 0 Å². The molecule has 8 nitrogen and oxygen atoms in total. The number of alkyl halides is 2. The maximum absolute atomic E-state index is 12.3. The molecule has 152 valence electrons. The van der Waals surface area contributed by atoms with Gasteiger partial charge in [-0.3, -0.25) is 0 Å². The molecule has 0 aliphatic heterocycles. The zero-order valence-corrected chi connectivity index (χ0v) is 16.9. The van der Waals surface area contributed by atoms with Crippen molar-refractivity contribution >= 4 is 59.1 Å². The topological polar surface area (TPSA) is 111 Å². The van der Waals surface area contributed by atoms with Crippen molar-refractivity contribution in [1.29, 1.82) is 0 Å². The van der Waals surface area contributed by atoms with Crippen LogP contribution >= 0.6 is 35.8 Å². The first-order chi connectivity index (χ1) is 13.0. The second-order valence-corrected chi connectivity index (χ2v) is 7.04. The summed E-state index contributed by atoms with van der Waals surface area (Å²) in [5.41, 5.74) is 6.32. The van der Waals surface area contributed by atoms with E-state index in [4.69, 9.17) is 33.7 Å². The predicted octanol–water partition coefficient (Wildman–Crippen LogP) is 4.36. The summed E-state index contributed by atoms with van der Waals surface area (Å²) >= 11 is 16.4. The average molecular weight is 454 g/mol. The molecular weight excluding hydrogens is 439 g/mol. The van der Waals surface area contributed by atoms with Crippen LogP contribution in [0, 0.1) is 0 Å². The van der Waals surface area contributed by atoms with Gasteiger partial charge in [0.05, 0.1) is 28.8 Å². The van der Waals surface area contributed by atoms with Crippen molar-refractivity contribution in [2.24, 2.45) is 0 Å². The standard InChI is InChI=1S/C15H15Cl2F2N5O3S/c1-15(28,26-2)9-8(5-21-11(20)10(9)17)24-14(25)23-6-3-7(16)12(22-4-6)27-13(18)19/h3-5,13,28H,1-2H3,(H2,20,21)(H2,23,24,25). The monoisotopic (exact) mass is 453 g/mol. The molecule has 2 aromatic heterocycles. The van der Waals surface area contributed by atoms with Gasteiger partial charge in [-0.2, -0.15) is 8.78 Å². The van der Waals surface area contributed by atoms with Crippen molar-refractivity contribution in [2.75, 3.05) is 23.5 Å². The van der Waals surface area contributed by atoms with Crippen LogP contribution in [0.3, 0.4) is 0 Å². The second-order valence-electron chi connectivity index (χ2n) is 5.40. The minimum atomic E-state index is -3.08. The van der Waals surface area contributed by atoms with Crippen molar-refractivity contribution in [1.82, 2.24) is 9.97 Å². The minimum Gasteiger partial charge on any atom is -0.415 e. The first kappa shape index (κ1) is 22.2. The van der Waals surface area contributed by atoms with E-state index in [0.717, 1.165) is 6.20 Å². The maximum atomic E-state index is 12.3. The van der Waals surface area contributed by atoms with E-state index >= 15 is 0 Å². The summed E-state index contributed by atoms with van der Waals surface area (Å²) in [4.78, 5) is 18.6. The normalized spacial score (nSPS) is 13.1. The third-order valence-electron chi connectivity index (χ3n) is 3.42. The summed E-state index contributed by atoms with van der Waals surface area (Å²) < 4.78 is 33.9. The predicted molar refractivity (Wildman–Crippen MR) is 106 cm³/mol. The van der Waals surface area contributed by atoms with Crippen molar-refractivity contribution in [2.45, 2.75) is 18.5 Å². The van der Waals surface area contributed by atoms with Crippen molar-refractivity contribution < 1.29 is 23.0 Å². The first-order valence-corrected chi connectivity index (χ1v) is 8.65.